The Morgan fingerprint density at radius 1 is 1.06 bits per heavy atom. The summed E-state index contributed by atoms with van der Waals surface area (Å²) in [5.41, 5.74) is 7.26. The van der Waals surface area contributed by atoms with Crippen LogP contribution in [0.25, 0.3) is 11.0 Å². The van der Waals surface area contributed by atoms with E-state index in [-0.39, 0.29) is 5.91 Å². The number of amides is 1. The molecule has 2 aromatic carbocycles. The number of H-pyrrole nitrogens is 1. The molecule has 4 aromatic rings. The zero-order chi connectivity index (χ0) is 21.4. The zero-order valence-electron chi connectivity index (χ0n) is 17.6. The number of aromatic nitrogens is 4. The molecule has 0 saturated heterocycles. The molecular formula is C24H24N6O. The lowest BCUT2D eigenvalue weighted by Crippen LogP contribution is -2.30. The van der Waals surface area contributed by atoms with Crippen molar-refractivity contribution in [3.63, 3.8) is 0 Å². The molecule has 31 heavy (non-hydrogen) atoms. The molecule has 3 heterocycles. The van der Waals surface area contributed by atoms with Crippen LogP contribution in [0.15, 0.2) is 48.5 Å². The molecule has 2 aromatic heterocycles. The van der Waals surface area contributed by atoms with Crippen LogP contribution in [0.5, 0.6) is 0 Å². The highest BCUT2D eigenvalue weighted by Gasteiger charge is 2.23. The lowest BCUT2D eigenvalue weighted by atomic mass is 10.1. The Bertz CT molecular complexity index is 1260. The minimum atomic E-state index is -0.192. The topological polar surface area (TPSA) is 86.8 Å². The van der Waals surface area contributed by atoms with E-state index in [9.17, 15) is 4.79 Å². The minimum absolute atomic E-state index is 0.192. The predicted octanol–water partition coefficient (Wildman–Crippen LogP) is 3.78. The molecule has 1 aliphatic heterocycles. The van der Waals surface area contributed by atoms with Crippen molar-refractivity contribution in [2.45, 2.75) is 33.4 Å². The Hall–Kier alpha value is -3.58. The summed E-state index contributed by atoms with van der Waals surface area (Å²) in [5, 5.41) is 10.5. The Balaban J connectivity index is 1.31. The molecule has 7 nitrogen and oxygen atoms in total. The quantitative estimate of drug-likeness (QED) is 0.533. The maximum atomic E-state index is 12.9. The van der Waals surface area contributed by atoms with E-state index in [0.717, 1.165) is 59.7 Å². The highest BCUT2D eigenvalue weighted by molar-refractivity contribution is 6.05. The second-order valence-corrected chi connectivity index (χ2v) is 8.03. The van der Waals surface area contributed by atoms with Gasteiger partial charge in [-0.15, -0.1) is 0 Å². The van der Waals surface area contributed by atoms with E-state index in [4.69, 9.17) is 0 Å². The van der Waals surface area contributed by atoms with E-state index in [1.54, 1.807) is 12.1 Å². The van der Waals surface area contributed by atoms with Gasteiger partial charge in [0.15, 0.2) is 5.82 Å². The van der Waals surface area contributed by atoms with Crippen molar-refractivity contribution in [3.05, 3.63) is 82.3 Å². The molecular weight excluding hydrogens is 388 g/mol. The van der Waals surface area contributed by atoms with Gasteiger partial charge in [0.25, 0.3) is 5.91 Å². The summed E-state index contributed by atoms with van der Waals surface area (Å²) in [6.07, 6.45) is 0.843. The number of rotatable bonds is 4. The highest BCUT2D eigenvalue weighted by Crippen LogP contribution is 2.25. The van der Waals surface area contributed by atoms with Gasteiger partial charge < -0.3 is 5.32 Å². The fraction of sp³-hybridized carbons (Fsp3) is 0.250. The number of aryl methyl sites for hydroxylation is 2. The van der Waals surface area contributed by atoms with E-state index < -0.39 is 0 Å². The molecule has 0 spiro atoms. The number of carbonyl (C=O) groups excluding carboxylic acids is 1. The van der Waals surface area contributed by atoms with Crippen molar-refractivity contribution in [3.8, 4) is 0 Å². The summed E-state index contributed by atoms with van der Waals surface area (Å²) in [7, 11) is 0. The van der Waals surface area contributed by atoms with Gasteiger partial charge in [0, 0.05) is 30.8 Å². The third-order valence-electron chi connectivity index (χ3n) is 5.83. The Morgan fingerprint density at radius 2 is 1.84 bits per heavy atom. The first-order valence-electron chi connectivity index (χ1n) is 10.5. The number of hydrogen-bond donors (Lipinski definition) is 2. The Kier molecular flexibility index (Phi) is 4.95. The molecule has 5 rings (SSSR count). The third kappa shape index (κ3) is 3.92. The van der Waals surface area contributed by atoms with Crippen LogP contribution in [-0.4, -0.2) is 37.5 Å². The van der Waals surface area contributed by atoms with E-state index in [0.29, 0.717) is 11.4 Å². The molecule has 0 aliphatic carbocycles. The molecule has 1 amide bonds. The summed E-state index contributed by atoms with van der Waals surface area (Å²) in [6.45, 7) is 6.47. The van der Waals surface area contributed by atoms with Crippen molar-refractivity contribution < 1.29 is 4.79 Å². The van der Waals surface area contributed by atoms with Crippen LogP contribution in [0.1, 0.15) is 38.6 Å². The number of carbonyl (C=O) groups is 1. The lowest BCUT2D eigenvalue weighted by Gasteiger charge is -2.26. The van der Waals surface area contributed by atoms with Gasteiger partial charge in [-0.25, -0.2) is 9.97 Å². The molecule has 1 aliphatic rings. The normalized spacial score (nSPS) is 13.9. The summed E-state index contributed by atoms with van der Waals surface area (Å²) < 4.78 is 0. The number of anilines is 1. The second kappa shape index (κ2) is 7.92. The SMILES string of the molecule is Cc1nc2ccc(C(=O)Nc3n[nH]c4c3CCN(Cc3ccccc3)C4)cc2nc1C. The van der Waals surface area contributed by atoms with Gasteiger partial charge in [0.05, 0.1) is 28.1 Å². The number of nitrogens with zero attached hydrogens (tertiary/aromatic N) is 4. The van der Waals surface area contributed by atoms with Crippen molar-refractivity contribution in [2.24, 2.45) is 0 Å². The monoisotopic (exact) mass is 412 g/mol. The van der Waals surface area contributed by atoms with Gasteiger partial charge in [-0.1, -0.05) is 30.3 Å². The lowest BCUT2D eigenvalue weighted by molar-refractivity contribution is 0.102. The van der Waals surface area contributed by atoms with E-state index in [2.05, 4.69) is 54.6 Å². The first-order chi connectivity index (χ1) is 15.1. The van der Waals surface area contributed by atoms with Gasteiger partial charge in [-0.2, -0.15) is 5.10 Å². The third-order valence-corrected chi connectivity index (χ3v) is 5.83. The van der Waals surface area contributed by atoms with Crippen LogP contribution in [0.3, 0.4) is 0 Å². The Labute approximate surface area is 180 Å². The molecule has 2 N–H and O–H groups in total. The van der Waals surface area contributed by atoms with E-state index in [1.165, 1.54) is 5.56 Å². The smallest absolute Gasteiger partial charge is 0.256 e. The van der Waals surface area contributed by atoms with Crippen LogP contribution in [-0.2, 0) is 19.5 Å². The van der Waals surface area contributed by atoms with Gasteiger partial charge in [0.2, 0.25) is 0 Å². The van der Waals surface area contributed by atoms with Crippen molar-refractivity contribution >= 4 is 22.8 Å². The predicted molar refractivity (Wildman–Crippen MR) is 120 cm³/mol. The maximum absolute atomic E-state index is 12.9. The number of nitrogens with one attached hydrogen (secondary N) is 2. The molecule has 0 fully saturated rings. The van der Waals surface area contributed by atoms with Gasteiger partial charge in [-0.05, 0) is 44.0 Å². The van der Waals surface area contributed by atoms with Crippen LogP contribution < -0.4 is 5.32 Å². The fourth-order valence-electron chi connectivity index (χ4n) is 4.01. The van der Waals surface area contributed by atoms with E-state index in [1.807, 2.05) is 26.0 Å². The second-order valence-electron chi connectivity index (χ2n) is 8.03. The number of fused-ring (bicyclic) bond motifs is 2. The van der Waals surface area contributed by atoms with Gasteiger partial charge in [0.1, 0.15) is 0 Å². The zero-order valence-corrected chi connectivity index (χ0v) is 17.6. The maximum Gasteiger partial charge on any atom is 0.256 e. The van der Waals surface area contributed by atoms with Crippen LogP contribution in [0, 0.1) is 13.8 Å². The molecule has 0 saturated carbocycles. The minimum Gasteiger partial charge on any atom is -0.305 e. The summed E-state index contributed by atoms with van der Waals surface area (Å²) >= 11 is 0. The van der Waals surface area contributed by atoms with Crippen molar-refractivity contribution in [1.82, 2.24) is 25.1 Å². The first kappa shape index (κ1) is 19.4. The fourth-order valence-corrected chi connectivity index (χ4v) is 4.01. The first-order valence-corrected chi connectivity index (χ1v) is 10.5. The molecule has 156 valence electrons. The van der Waals surface area contributed by atoms with Crippen molar-refractivity contribution in [2.75, 3.05) is 11.9 Å². The van der Waals surface area contributed by atoms with Crippen LogP contribution >= 0.6 is 0 Å². The molecule has 0 atom stereocenters. The average Bonchev–Trinajstić information content (AvgIpc) is 3.17. The number of hydrogen-bond acceptors (Lipinski definition) is 5. The average molecular weight is 412 g/mol. The number of aromatic amines is 1. The number of benzene rings is 2. The highest BCUT2D eigenvalue weighted by atomic mass is 16.1. The molecule has 0 radical (unpaired) electrons. The van der Waals surface area contributed by atoms with Gasteiger partial charge >= 0.3 is 0 Å². The molecule has 7 heteroatoms. The van der Waals surface area contributed by atoms with Gasteiger partial charge in [-0.3, -0.25) is 14.8 Å². The summed E-state index contributed by atoms with van der Waals surface area (Å²) in [5.74, 6) is 0.425. The summed E-state index contributed by atoms with van der Waals surface area (Å²) in [6, 6.07) is 15.9. The van der Waals surface area contributed by atoms with Crippen molar-refractivity contribution in [1.29, 1.82) is 0 Å². The van der Waals surface area contributed by atoms with Crippen LogP contribution in [0.2, 0.25) is 0 Å². The summed E-state index contributed by atoms with van der Waals surface area (Å²) in [4.78, 5) is 24.3. The Morgan fingerprint density at radius 3 is 2.65 bits per heavy atom. The van der Waals surface area contributed by atoms with E-state index >= 15 is 0 Å². The standard InChI is InChI=1S/C24H24N6O/c1-15-16(2)26-21-12-18(8-9-20(21)25-15)24(31)27-23-19-10-11-30(14-22(19)28-29-23)13-17-6-4-3-5-7-17/h3-9,12H,10-11,13-14H2,1-2H3,(H2,27,28,29,31). The molecule has 0 bridgehead atoms. The molecule has 0 unspecified atom stereocenters. The van der Waals surface area contributed by atoms with Crippen LogP contribution in [0.4, 0.5) is 5.82 Å². The largest absolute Gasteiger partial charge is 0.305 e.